The third-order valence-electron chi connectivity index (χ3n) is 4.13. The van der Waals surface area contributed by atoms with Gasteiger partial charge in [0.15, 0.2) is 6.10 Å². The summed E-state index contributed by atoms with van der Waals surface area (Å²) in [5.74, 6) is 0.765. The molecule has 30 heavy (non-hydrogen) atoms. The lowest BCUT2D eigenvalue weighted by molar-refractivity contribution is -0.146. The lowest BCUT2D eigenvalue weighted by Gasteiger charge is -2.18. The van der Waals surface area contributed by atoms with Gasteiger partial charge in [-0.05, 0) is 60.2 Å². The van der Waals surface area contributed by atoms with Gasteiger partial charge < -0.3 is 25.7 Å². The van der Waals surface area contributed by atoms with Crippen molar-refractivity contribution in [3.05, 3.63) is 90.5 Å². The van der Waals surface area contributed by atoms with Crippen molar-refractivity contribution >= 4 is 23.4 Å². The van der Waals surface area contributed by atoms with Crippen molar-refractivity contribution in [1.82, 2.24) is 0 Å². The first kappa shape index (κ1) is 20.8. The van der Waals surface area contributed by atoms with Gasteiger partial charge in [-0.25, -0.2) is 4.79 Å². The number of rotatable bonds is 9. The Bertz CT molecular complexity index is 905. The van der Waals surface area contributed by atoms with E-state index in [0.29, 0.717) is 22.9 Å². The number of hydrogen-bond donors (Lipinski definition) is 2. The molecule has 6 heteroatoms. The van der Waals surface area contributed by atoms with Gasteiger partial charge in [-0.2, -0.15) is 0 Å². The van der Waals surface area contributed by atoms with Gasteiger partial charge in [0.25, 0.3) is 0 Å². The summed E-state index contributed by atoms with van der Waals surface area (Å²) in [6, 6.07) is 23.5. The van der Waals surface area contributed by atoms with Crippen LogP contribution in [0.2, 0.25) is 0 Å². The Hall–Kier alpha value is -3.93. The fourth-order valence-corrected chi connectivity index (χ4v) is 2.55. The van der Waals surface area contributed by atoms with Crippen molar-refractivity contribution in [1.29, 1.82) is 0 Å². The van der Waals surface area contributed by atoms with Gasteiger partial charge in [-0.1, -0.05) is 30.3 Å². The fraction of sp³-hybridized carbons (Fsp3) is 0.125. The SMILES string of the molecule is Nc1ccc(OCC(COc2ccc(N)cc2)OC(=O)C=Cc2ccccc2)cc1. The van der Waals surface area contributed by atoms with E-state index in [2.05, 4.69) is 0 Å². The Morgan fingerprint density at radius 2 is 1.27 bits per heavy atom. The van der Waals surface area contributed by atoms with Crippen LogP contribution >= 0.6 is 0 Å². The van der Waals surface area contributed by atoms with E-state index in [-0.39, 0.29) is 13.2 Å². The van der Waals surface area contributed by atoms with Crippen LogP contribution in [-0.2, 0) is 9.53 Å². The minimum absolute atomic E-state index is 0.129. The molecule has 3 aromatic rings. The molecular weight excluding hydrogens is 380 g/mol. The van der Waals surface area contributed by atoms with Crippen LogP contribution in [0, 0.1) is 0 Å². The Morgan fingerprint density at radius 1 is 0.767 bits per heavy atom. The maximum Gasteiger partial charge on any atom is 0.331 e. The standard InChI is InChI=1S/C24H24N2O4/c25-19-7-11-21(12-8-19)28-16-23(17-29-22-13-9-20(26)10-14-22)30-24(27)15-6-18-4-2-1-3-5-18/h1-15,23H,16-17,25-26H2. The van der Waals surface area contributed by atoms with Crippen LogP contribution in [0.5, 0.6) is 11.5 Å². The first-order valence-electron chi connectivity index (χ1n) is 9.49. The maximum atomic E-state index is 12.3. The number of carbonyl (C=O) groups excluding carboxylic acids is 1. The summed E-state index contributed by atoms with van der Waals surface area (Å²) < 4.78 is 17.0. The van der Waals surface area contributed by atoms with Crippen molar-refractivity contribution < 1.29 is 19.0 Å². The minimum Gasteiger partial charge on any atom is -0.490 e. The summed E-state index contributed by atoms with van der Waals surface area (Å²) in [6.45, 7) is 0.258. The van der Waals surface area contributed by atoms with Gasteiger partial charge >= 0.3 is 5.97 Å². The molecule has 0 radical (unpaired) electrons. The van der Waals surface area contributed by atoms with Gasteiger partial charge in [0.2, 0.25) is 0 Å². The molecule has 0 bridgehead atoms. The summed E-state index contributed by atoms with van der Waals surface area (Å²) in [6.07, 6.45) is 2.46. The molecule has 4 N–H and O–H groups in total. The number of nitrogens with two attached hydrogens (primary N) is 2. The van der Waals surface area contributed by atoms with Crippen molar-refractivity contribution in [3.63, 3.8) is 0 Å². The number of benzene rings is 3. The van der Waals surface area contributed by atoms with Gasteiger partial charge in [-0.3, -0.25) is 0 Å². The third kappa shape index (κ3) is 6.91. The third-order valence-corrected chi connectivity index (χ3v) is 4.13. The average molecular weight is 404 g/mol. The number of esters is 1. The molecule has 0 aliphatic rings. The van der Waals surface area contributed by atoms with Crippen molar-refractivity contribution in [2.45, 2.75) is 6.10 Å². The summed E-state index contributed by atoms with van der Waals surface area (Å²) >= 11 is 0. The molecule has 0 aliphatic heterocycles. The minimum atomic E-state index is -0.618. The first-order valence-corrected chi connectivity index (χ1v) is 9.49. The van der Waals surface area contributed by atoms with E-state index < -0.39 is 12.1 Å². The topological polar surface area (TPSA) is 96.8 Å². The zero-order valence-corrected chi connectivity index (χ0v) is 16.4. The number of nitrogen functional groups attached to an aromatic ring is 2. The lowest BCUT2D eigenvalue weighted by Crippen LogP contribution is -2.30. The number of ether oxygens (including phenoxy) is 3. The number of carbonyl (C=O) groups is 1. The van der Waals surface area contributed by atoms with E-state index in [1.807, 2.05) is 30.3 Å². The molecule has 6 nitrogen and oxygen atoms in total. The molecule has 0 saturated heterocycles. The van der Waals surface area contributed by atoms with Crippen molar-refractivity contribution in [2.75, 3.05) is 24.7 Å². The Balaban J connectivity index is 1.60. The largest absolute Gasteiger partial charge is 0.490 e. The molecule has 0 aliphatic carbocycles. The highest BCUT2D eigenvalue weighted by atomic mass is 16.6. The van der Waals surface area contributed by atoms with E-state index in [1.165, 1.54) is 6.08 Å². The second-order valence-corrected chi connectivity index (χ2v) is 6.56. The molecule has 0 amide bonds. The van der Waals surface area contributed by atoms with Crippen LogP contribution in [0.3, 0.4) is 0 Å². The molecule has 0 heterocycles. The number of hydrogen-bond acceptors (Lipinski definition) is 6. The normalized spacial score (nSPS) is 10.8. The maximum absolute atomic E-state index is 12.3. The van der Waals surface area contributed by atoms with Gasteiger partial charge in [0.05, 0.1) is 0 Å². The molecule has 0 unspecified atom stereocenters. The Labute approximate surface area is 175 Å². The van der Waals surface area contributed by atoms with E-state index in [1.54, 1.807) is 54.6 Å². The molecule has 154 valence electrons. The molecule has 3 rings (SSSR count). The highest BCUT2D eigenvalue weighted by Crippen LogP contribution is 2.16. The van der Waals surface area contributed by atoms with E-state index >= 15 is 0 Å². The van der Waals surface area contributed by atoms with Gasteiger partial charge in [0, 0.05) is 17.5 Å². The lowest BCUT2D eigenvalue weighted by atomic mass is 10.2. The van der Waals surface area contributed by atoms with Crippen LogP contribution in [0.1, 0.15) is 5.56 Å². The zero-order valence-electron chi connectivity index (χ0n) is 16.4. The van der Waals surface area contributed by atoms with E-state index in [9.17, 15) is 4.79 Å². The van der Waals surface area contributed by atoms with Crippen LogP contribution in [0.15, 0.2) is 84.9 Å². The summed E-state index contributed by atoms with van der Waals surface area (Å²) in [5.41, 5.74) is 13.6. The molecule has 0 fully saturated rings. The molecule has 0 aromatic heterocycles. The van der Waals surface area contributed by atoms with Crippen LogP contribution in [0.25, 0.3) is 6.08 Å². The second kappa shape index (κ2) is 10.6. The van der Waals surface area contributed by atoms with E-state index in [0.717, 1.165) is 5.56 Å². The fourth-order valence-electron chi connectivity index (χ4n) is 2.55. The van der Waals surface area contributed by atoms with Crippen molar-refractivity contribution in [2.24, 2.45) is 0 Å². The predicted octanol–water partition coefficient (Wildman–Crippen LogP) is 3.93. The zero-order chi connectivity index (χ0) is 21.2. The Morgan fingerprint density at radius 3 is 1.77 bits per heavy atom. The van der Waals surface area contributed by atoms with Gasteiger partial charge in [0.1, 0.15) is 24.7 Å². The summed E-state index contributed by atoms with van der Waals surface area (Å²) in [4.78, 5) is 12.3. The summed E-state index contributed by atoms with van der Waals surface area (Å²) in [5, 5.41) is 0. The summed E-state index contributed by atoms with van der Waals surface area (Å²) in [7, 11) is 0. The molecule has 0 spiro atoms. The molecular formula is C24H24N2O4. The molecule has 0 saturated carbocycles. The second-order valence-electron chi connectivity index (χ2n) is 6.56. The number of anilines is 2. The molecule has 3 aromatic carbocycles. The average Bonchev–Trinajstić information content (AvgIpc) is 2.77. The van der Waals surface area contributed by atoms with Crippen LogP contribution in [-0.4, -0.2) is 25.3 Å². The van der Waals surface area contributed by atoms with Crippen LogP contribution < -0.4 is 20.9 Å². The Kier molecular flexibility index (Phi) is 7.33. The first-order chi connectivity index (χ1) is 14.6. The highest BCUT2D eigenvalue weighted by Gasteiger charge is 2.16. The van der Waals surface area contributed by atoms with E-state index in [4.69, 9.17) is 25.7 Å². The quantitative estimate of drug-likeness (QED) is 0.319. The smallest absolute Gasteiger partial charge is 0.331 e. The van der Waals surface area contributed by atoms with Crippen molar-refractivity contribution in [3.8, 4) is 11.5 Å². The molecule has 0 atom stereocenters. The monoisotopic (exact) mass is 404 g/mol. The van der Waals surface area contributed by atoms with Gasteiger partial charge in [-0.15, -0.1) is 0 Å². The highest BCUT2D eigenvalue weighted by molar-refractivity contribution is 5.87. The van der Waals surface area contributed by atoms with Crippen LogP contribution in [0.4, 0.5) is 11.4 Å². The predicted molar refractivity (Wildman–Crippen MR) is 118 cm³/mol.